The second-order valence-electron chi connectivity index (χ2n) is 11.7. The van der Waals surface area contributed by atoms with Gasteiger partial charge in [0, 0.05) is 37.6 Å². The summed E-state index contributed by atoms with van der Waals surface area (Å²) >= 11 is 5.57. The molecule has 0 bridgehead atoms. The number of amides is 2. The van der Waals surface area contributed by atoms with Gasteiger partial charge in [-0.25, -0.2) is 0 Å². The number of carbonyl (C=O) groups is 2. The van der Waals surface area contributed by atoms with Crippen LogP contribution < -0.4 is 4.90 Å². The highest BCUT2D eigenvalue weighted by Gasteiger charge is 2.49. The van der Waals surface area contributed by atoms with Crippen LogP contribution in [0.1, 0.15) is 78.4 Å². The molecule has 2 aliphatic rings. The summed E-state index contributed by atoms with van der Waals surface area (Å²) in [5, 5.41) is 9.26. The Morgan fingerprint density at radius 2 is 1.73 bits per heavy atom. The molecule has 220 valence electrons. The van der Waals surface area contributed by atoms with Crippen LogP contribution >= 0.6 is 12.2 Å². The molecular formula is C29H40F3N5O2S. The van der Waals surface area contributed by atoms with E-state index in [2.05, 4.69) is 18.7 Å². The number of anilines is 1. The fraction of sp³-hybridized carbons (Fsp3) is 0.655. The van der Waals surface area contributed by atoms with Gasteiger partial charge in [-0.1, -0.05) is 26.7 Å². The number of hydrogen-bond acceptors (Lipinski definition) is 5. The molecule has 2 aliphatic heterocycles. The van der Waals surface area contributed by atoms with Gasteiger partial charge in [-0.15, -0.1) is 0 Å². The zero-order chi connectivity index (χ0) is 30.0. The lowest BCUT2D eigenvalue weighted by atomic mass is 10.0. The molecule has 0 radical (unpaired) electrons. The number of carbonyl (C=O) groups excluding carboxylic acids is 2. The summed E-state index contributed by atoms with van der Waals surface area (Å²) in [6.45, 7) is 14.7. The highest BCUT2D eigenvalue weighted by molar-refractivity contribution is 7.80. The van der Waals surface area contributed by atoms with Crippen molar-refractivity contribution in [2.24, 2.45) is 5.92 Å². The third-order valence-corrected chi connectivity index (χ3v) is 8.38. The van der Waals surface area contributed by atoms with Crippen molar-refractivity contribution in [2.75, 3.05) is 31.1 Å². The maximum absolute atomic E-state index is 13.5. The second kappa shape index (κ2) is 12.4. The van der Waals surface area contributed by atoms with Crippen molar-refractivity contribution in [1.29, 1.82) is 5.26 Å². The van der Waals surface area contributed by atoms with Crippen molar-refractivity contribution in [3.05, 3.63) is 29.3 Å². The Hall–Kier alpha value is -2.71. The first-order valence-corrected chi connectivity index (χ1v) is 14.3. The molecule has 2 heterocycles. The molecule has 0 unspecified atom stereocenters. The molecule has 2 fully saturated rings. The van der Waals surface area contributed by atoms with Gasteiger partial charge in [0.1, 0.15) is 5.54 Å². The number of alkyl halides is 3. The van der Waals surface area contributed by atoms with Gasteiger partial charge >= 0.3 is 6.18 Å². The van der Waals surface area contributed by atoms with Crippen LogP contribution in [0.15, 0.2) is 18.2 Å². The van der Waals surface area contributed by atoms with Crippen LogP contribution in [0.2, 0.25) is 0 Å². The Balaban J connectivity index is 1.54. The molecule has 0 aromatic heterocycles. The van der Waals surface area contributed by atoms with E-state index in [4.69, 9.17) is 17.5 Å². The molecule has 1 aromatic rings. The third kappa shape index (κ3) is 6.60. The van der Waals surface area contributed by atoms with Crippen LogP contribution in [0, 0.1) is 17.2 Å². The predicted octanol–water partition coefficient (Wildman–Crippen LogP) is 5.43. The summed E-state index contributed by atoms with van der Waals surface area (Å²) in [4.78, 5) is 33.1. The zero-order valence-corrected chi connectivity index (χ0v) is 25.0. The quantitative estimate of drug-likeness (QED) is 0.287. The lowest BCUT2D eigenvalue weighted by molar-refractivity contribution is -0.140. The fourth-order valence-electron chi connectivity index (χ4n) is 5.53. The maximum atomic E-state index is 13.5. The predicted molar refractivity (Wildman–Crippen MR) is 153 cm³/mol. The van der Waals surface area contributed by atoms with Crippen molar-refractivity contribution in [3.63, 3.8) is 0 Å². The lowest BCUT2D eigenvalue weighted by Crippen LogP contribution is -2.58. The van der Waals surface area contributed by atoms with Gasteiger partial charge < -0.3 is 9.80 Å². The Morgan fingerprint density at radius 3 is 2.30 bits per heavy atom. The average molecular weight is 580 g/mol. The topological polar surface area (TPSA) is 70.9 Å². The molecule has 2 atom stereocenters. The molecule has 3 rings (SSSR count). The average Bonchev–Trinajstić information content (AvgIpc) is 3.04. The first kappa shape index (κ1) is 31.8. The molecule has 2 saturated heterocycles. The SMILES string of the molecule is CC(C)C(=O)N1C[C@@H](C)N(CCCCCCN2C(=S)N(c3ccc(C#N)c(C(F)(F)F)c3)C(=O)C2(C)C)C[C@@H]1C. The van der Waals surface area contributed by atoms with Crippen LogP contribution in [0.5, 0.6) is 0 Å². The molecular weight excluding hydrogens is 539 g/mol. The van der Waals surface area contributed by atoms with Crippen LogP contribution in [-0.2, 0) is 15.8 Å². The van der Waals surface area contributed by atoms with Gasteiger partial charge in [-0.05, 0) is 77.5 Å². The molecule has 0 spiro atoms. The monoisotopic (exact) mass is 579 g/mol. The van der Waals surface area contributed by atoms with Gasteiger partial charge in [-0.2, -0.15) is 18.4 Å². The molecule has 0 saturated carbocycles. The highest BCUT2D eigenvalue weighted by atomic mass is 32.1. The number of nitriles is 1. The van der Waals surface area contributed by atoms with Gasteiger partial charge in [0.15, 0.2) is 5.11 Å². The number of thiocarbonyl (C=S) groups is 1. The normalized spacial score (nSPS) is 21.9. The van der Waals surface area contributed by atoms with E-state index >= 15 is 0 Å². The van der Waals surface area contributed by atoms with E-state index in [1.807, 2.05) is 18.7 Å². The van der Waals surface area contributed by atoms with Gasteiger partial charge in [0.05, 0.1) is 22.9 Å². The van der Waals surface area contributed by atoms with Gasteiger partial charge in [0.2, 0.25) is 5.91 Å². The number of rotatable bonds is 9. The minimum atomic E-state index is -4.73. The zero-order valence-electron chi connectivity index (χ0n) is 24.2. The van der Waals surface area contributed by atoms with Crippen molar-refractivity contribution in [3.8, 4) is 6.07 Å². The van der Waals surface area contributed by atoms with Crippen LogP contribution in [0.25, 0.3) is 0 Å². The number of unbranched alkanes of at least 4 members (excludes halogenated alkanes) is 3. The fourth-order valence-corrected chi connectivity index (χ4v) is 6.04. The van der Waals surface area contributed by atoms with E-state index in [1.165, 1.54) is 6.07 Å². The van der Waals surface area contributed by atoms with Crippen LogP contribution in [-0.4, -0.2) is 75.4 Å². The summed E-state index contributed by atoms with van der Waals surface area (Å²) in [6, 6.07) is 5.29. The Bertz CT molecular complexity index is 1160. The molecule has 0 N–H and O–H groups in total. The third-order valence-electron chi connectivity index (χ3n) is 7.98. The molecule has 0 aliphatic carbocycles. The highest BCUT2D eigenvalue weighted by Crippen LogP contribution is 2.38. The smallest absolute Gasteiger partial charge is 0.337 e. The van der Waals surface area contributed by atoms with E-state index in [9.17, 15) is 22.8 Å². The summed E-state index contributed by atoms with van der Waals surface area (Å²) in [7, 11) is 0. The Morgan fingerprint density at radius 1 is 1.10 bits per heavy atom. The molecule has 7 nitrogen and oxygen atoms in total. The van der Waals surface area contributed by atoms with Crippen molar-refractivity contribution < 1.29 is 22.8 Å². The van der Waals surface area contributed by atoms with Gasteiger partial charge in [0.25, 0.3) is 5.91 Å². The molecule has 1 aromatic carbocycles. The number of benzene rings is 1. The summed E-state index contributed by atoms with van der Waals surface area (Å²) in [5.74, 6) is -0.189. The van der Waals surface area contributed by atoms with Gasteiger partial charge in [-0.3, -0.25) is 19.4 Å². The van der Waals surface area contributed by atoms with E-state index in [-0.39, 0.29) is 28.7 Å². The Kier molecular flexibility index (Phi) is 9.89. The minimum absolute atomic E-state index is 0.00138. The molecule has 2 amide bonds. The van der Waals surface area contributed by atoms with E-state index in [0.29, 0.717) is 12.6 Å². The summed E-state index contributed by atoms with van der Waals surface area (Å²) < 4.78 is 40.5. The van der Waals surface area contributed by atoms with Crippen molar-refractivity contribution in [2.45, 2.75) is 91.0 Å². The maximum Gasteiger partial charge on any atom is 0.417 e. The van der Waals surface area contributed by atoms with E-state index in [0.717, 1.165) is 62.4 Å². The lowest BCUT2D eigenvalue weighted by Gasteiger charge is -2.44. The number of nitrogens with zero attached hydrogens (tertiary/aromatic N) is 5. The second-order valence-corrected chi connectivity index (χ2v) is 12.1. The minimum Gasteiger partial charge on any atom is -0.337 e. The number of halogens is 3. The van der Waals surface area contributed by atoms with Crippen molar-refractivity contribution >= 4 is 34.8 Å². The number of piperazine rings is 1. The molecule has 40 heavy (non-hydrogen) atoms. The first-order valence-electron chi connectivity index (χ1n) is 13.9. The molecule has 11 heteroatoms. The first-order chi connectivity index (χ1) is 18.6. The standard InChI is InChI=1S/C29H40F3N5O2S/c1-19(2)25(38)35-18-20(3)34(17-21(35)4)13-9-7-8-10-14-36-27(40)37(26(39)28(36,5)6)23-12-11-22(16-33)24(15-23)29(30,31)32/h11-12,15,19-21H,7-10,13-14,17-18H2,1-6H3/t20-,21+/m1/s1. The van der Waals surface area contributed by atoms with E-state index in [1.54, 1.807) is 24.8 Å². The van der Waals surface area contributed by atoms with Crippen LogP contribution in [0.4, 0.5) is 18.9 Å². The number of hydrogen-bond donors (Lipinski definition) is 0. The summed E-state index contributed by atoms with van der Waals surface area (Å²) in [5.41, 5.74) is -2.58. The van der Waals surface area contributed by atoms with Crippen molar-refractivity contribution in [1.82, 2.24) is 14.7 Å². The summed E-state index contributed by atoms with van der Waals surface area (Å²) in [6.07, 6.45) is -1.01. The largest absolute Gasteiger partial charge is 0.417 e. The van der Waals surface area contributed by atoms with E-state index < -0.39 is 28.7 Å². The Labute approximate surface area is 240 Å². The van der Waals surface area contributed by atoms with Crippen LogP contribution in [0.3, 0.4) is 0 Å².